The SMILES string of the molecule is [2H]C([2H])([2H])N(C)c1nc(CCCCCCCCCCCCCCCC)c(Br)c(OC2CCC2)n1. The molecule has 2 rings (SSSR count). The summed E-state index contributed by atoms with van der Waals surface area (Å²) in [5, 5.41) is 0. The zero-order valence-corrected chi connectivity index (χ0v) is 21.5. The maximum atomic E-state index is 7.71. The summed E-state index contributed by atoms with van der Waals surface area (Å²) >= 11 is 3.63. The van der Waals surface area contributed by atoms with Crippen LogP contribution in [0.15, 0.2) is 4.47 Å². The fourth-order valence-corrected chi connectivity index (χ4v) is 4.45. The molecule has 0 unspecified atom stereocenters. The quantitative estimate of drug-likeness (QED) is 0.191. The first kappa shape index (κ1) is 22.0. The Hall–Kier alpha value is -0.840. The van der Waals surface area contributed by atoms with Crippen LogP contribution in [0.1, 0.15) is 126 Å². The molecule has 0 amide bonds. The van der Waals surface area contributed by atoms with Crippen LogP contribution in [0.5, 0.6) is 5.88 Å². The molecule has 0 aliphatic heterocycles. The molecule has 31 heavy (non-hydrogen) atoms. The van der Waals surface area contributed by atoms with Crippen LogP contribution in [0.2, 0.25) is 0 Å². The number of anilines is 1. The minimum atomic E-state index is -2.28. The van der Waals surface area contributed by atoms with Crippen molar-refractivity contribution in [1.29, 1.82) is 0 Å². The van der Waals surface area contributed by atoms with Gasteiger partial charge in [-0.3, -0.25) is 0 Å². The molecule has 0 bridgehead atoms. The van der Waals surface area contributed by atoms with E-state index in [2.05, 4.69) is 32.8 Å². The van der Waals surface area contributed by atoms with Crippen molar-refractivity contribution >= 4 is 21.9 Å². The molecule has 0 radical (unpaired) electrons. The Morgan fingerprint density at radius 3 is 1.94 bits per heavy atom. The van der Waals surface area contributed by atoms with E-state index in [0.717, 1.165) is 47.2 Å². The van der Waals surface area contributed by atoms with Gasteiger partial charge in [-0.05, 0) is 48.0 Å². The summed E-state index contributed by atoms with van der Waals surface area (Å²) in [6.07, 6.45) is 22.8. The molecule has 1 aliphatic rings. The van der Waals surface area contributed by atoms with Gasteiger partial charge in [-0.25, -0.2) is 4.98 Å². The normalized spacial score (nSPS) is 15.8. The Balaban J connectivity index is 1.69. The largest absolute Gasteiger partial charge is 0.473 e. The summed E-state index contributed by atoms with van der Waals surface area (Å²) < 4.78 is 29.9. The Morgan fingerprint density at radius 1 is 0.903 bits per heavy atom. The highest BCUT2D eigenvalue weighted by molar-refractivity contribution is 9.10. The van der Waals surface area contributed by atoms with Crippen LogP contribution in [0.25, 0.3) is 0 Å². The van der Waals surface area contributed by atoms with Gasteiger partial charge in [0.25, 0.3) is 0 Å². The number of aryl methyl sites for hydroxylation is 1. The third-order valence-corrected chi connectivity index (χ3v) is 7.07. The molecule has 0 aromatic carbocycles. The van der Waals surface area contributed by atoms with E-state index in [0.29, 0.717) is 5.88 Å². The second-order valence-electron chi connectivity index (χ2n) is 9.17. The number of aromatic nitrogens is 2. The van der Waals surface area contributed by atoms with Crippen LogP contribution in [-0.4, -0.2) is 30.1 Å². The van der Waals surface area contributed by atoms with Gasteiger partial charge in [0.15, 0.2) is 0 Å². The standard InChI is InChI=1S/C26H46BrN3O/c1-4-5-6-7-8-9-10-11-12-13-14-15-16-17-21-23-24(27)25(31-22-19-18-20-22)29-26(28-23)30(2)3/h22H,4-21H2,1-3H3/i2D3. The molecule has 0 N–H and O–H groups in total. The van der Waals surface area contributed by atoms with Crippen LogP contribution in [0.4, 0.5) is 5.95 Å². The van der Waals surface area contributed by atoms with E-state index in [1.165, 1.54) is 90.5 Å². The first-order valence-corrected chi connectivity index (χ1v) is 13.6. The number of nitrogens with zero attached hydrogens (tertiary/aromatic N) is 3. The number of ether oxygens (including phenoxy) is 1. The molecule has 1 aromatic heterocycles. The summed E-state index contributed by atoms with van der Waals surface area (Å²) in [7, 11) is 1.51. The first-order valence-electron chi connectivity index (χ1n) is 14.3. The fraction of sp³-hybridized carbons (Fsp3) is 0.846. The second kappa shape index (κ2) is 15.9. The third kappa shape index (κ3) is 10.5. The van der Waals surface area contributed by atoms with E-state index >= 15 is 0 Å². The second-order valence-corrected chi connectivity index (χ2v) is 9.96. The highest BCUT2D eigenvalue weighted by Crippen LogP contribution is 2.33. The van der Waals surface area contributed by atoms with Crippen molar-refractivity contribution in [3.05, 3.63) is 10.2 Å². The highest BCUT2D eigenvalue weighted by atomic mass is 79.9. The Morgan fingerprint density at radius 2 is 1.45 bits per heavy atom. The van der Waals surface area contributed by atoms with Gasteiger partial charge in [0.2, 0.25) is 11.8 Å². The minimum absolute atomic E-state index is 0.172. The topological polar surface area (TPSA) is 38.2 Å². The molecule has 0 saturated heterocycles. The average Bonchev–Trinajstić information content (AvgIpc) is 2.77. The lowest BCUT2D eigenvalue weighted by Gasteiger charge is -2.27. The molecule has 1 aliphatic carbocycles. The molecule has 1 saturated carbocycles. The number of unbranched alkanes of at least 4 members (excludes halogenated alkanes) is 13. The van der Waals surface area contributed by atoms with Crippen LogP contribution in [0.3, 0.4) is 0 Å². The molecule has 4 nitrogen and oxygen atoms in total. The smallest absolute Gasteiger partial charge is 0.233 e. The molecule has 1 fully saturated rings. The lowest BCUT2D eigenvalue weighted by molar-refractivity contribution is 0.113. The minimum Gasteiger partial charge on any atom is -0.473 e. The van der Waals surface area contributed by atoms with E-state index in [1.807, 2.05) is 0 Å². The first-order chi connectivity index (χ1) is 16.3. The molecular formula is C26H46BrN3O. The summed E-state index contributed by atoms with van der Waals surface area (Å²) in [5.74, 6) is 0.684. The summed E-state index contributed by atoms with van der Waals surface area (Å²) in [5.41, 5.74) is 0.842. The number of halogens is 1. The maximum absolute atomic E-state index is 7.71. The van der Waals surface area contributed by atoms with Crippen LogP contribution >= 0.6 is 15.9 Å². The number of hydrogen-bond donors (Lipinski definition) is 0. The van der Waals surface area contributed by atoms with Gasteiger partial charge >= 0.3 is 0 Å². The lowest BCUT2D eigenvalue weighted by Crippen LogP contribution is -2.26. The highest BCUT2D eigenvalue weighted by Gasteiger charge is 2.23. The monoisotopic (exact) mass is 498 g/mol. The van der Waals surface area contributed by atoms with Gasteiger partial charge in [0.05, 0.1) is 5.69 Å². The van der Waals surface area contributed by atoms with Crippen LogP contribution in [-0.2, 0) is 6.42 Å². The van der Waals surface area contributed by atoms with Crippen molar-refractivity contribution < 1.29 is 8.85 Å². The van der Waals surface area contributed by atoms with Crippen molar-refractivity contribution in [1.82, 2.24) is 9.97 Å². The van der Waals surface area contributed by atoms with E-state index in [-0.39, 0.29) is 12.1 Å². The summed E-state index contributed by atoms with van der Waals surface area (Å²) in [4.78, 5) is 10.2. The molecular weight excluding hydrogens is 450 g/mol. The van der Waals surface area contributed by atoms with Gasteiger partial charge < -0.3 is 9.64 Å². The molecule has 178 valence electrons. The molecule has 0 spiro atoms. The Labute approximate surface area is 204 Å². The predicted molar refractivity (Wildman–Crippen MR) is 136 cm³/mol. The summed E-state index contributed by atoms with van der Waals surface area (Å²) in [6, 6.07) is 0. The van der Waals surface area contributed by atoms with Crippen molar-refractivity contribution in [2.24, 2.45) is 0 Å². The number of rotatable bonds is 18. The summed E-state index contributed by atoms with van der Waals surface area (Å²) in [6.45, 7) is -0.0114. The van der Waals surface area contributed by atoms with Crippen molar-refractivity contribution in [3.63, 3.8) is 0 Å². The van der Waals surface area contributed by atoms with E-state index in [9.17, 15) is 0 Å². The van der Waals surface area contributed by atoms with Gasteiger partial charge in [0.1, 0.15) is 10.6 Å². The van der Waals surface area contributed by atoms with Crippen LogP contribution < -0.4 is 9.64 Å². The van der Waals surface area contributed by atoms with Gasteiger partial charge in [0, 0.05) is 18.1 Å². The van der Waals surface area contributed by atoms with Crippen LogP contribution in [0, 0.1) is 0 Å². The molecule has 1 heterocycles. The van der Waals surface area contributed by atoms with Gasteiger partial charge in [-0.2, -0.15) is 4.98 Å². The fourth-order valence-electron chi connectivity index (χ4n) is 3.99. The van der Waals surface area contributed by atoms with E-state index < -0.39 is 6.98 Å². The molecule has 1 aromatic rings. The zero-order valence-electron chi connectivity index (χ0n) is 22.9. The Kier molecular flexibility index (Phi) is 11.3. The van der Waals surface area contributed by atoms with Gasteiger partial charge in [-0.15, -0.1) is 0 Å². The zero-order chi connectivity index (χ0) is 24.8. The molecule has 0 atom stereocenters. The average molecular weight is 500 g/mol. The maximum Gasteiger partial charge on any atom is 0.233 e. The van der Waals surface area contributed by atoms with Crippen molar-refractivity contribution in [2.75, 3.05) is 18.9 Å². The van der Waals surface area contributed by atoms with E-state index in [4.69, 9.17) is 8.85 Å². The van der Waals surface area contributed by atoms with Gasteiger partial charge in [-0.1, -0.05) is 90.4 Å². The lowest BCUT2D eigenvalue weighted by atomic mass is 9.96. The number of hydrogen-bond acceptors (Lipinski definition) is 4. The predicted octanol–water partition coefficient (Wildman–Crippen LogP) is 8.26. The van der Waals surface area contributed by atoms with Crippen molar-refractivity contribution in [3.8, 4) is 5.88 Å². The van der Waals surface area contributed by atoms with Crippen molar-refractivity contribution in [2.45, 2.75) is 129 Å². The van der Waals surface area contributed by atoms with E-state index in [1.54, 1.807) is 0 Å². The third-order valence-electron chi connectivity index (χ3n) is 6.28. The molecule has 5 heteroatoms. The Bertz CT molecular complexity index is 699.